The zero-order valence-electron chi connectivity index (χ0n) is 15.1. The molecule has 0 radical (unpaired) electrons. The highest BCUT2D eigenvalue weighted by molar-refractivity contribution is 7.89. The highest BCUT2D eigenvalue weighted by Gasteiger charge is 2.37. The summed E-state index contributed by atoms with van der Waals surface area (Å²) < 4.78 is 26.8. The van der Waals surface area contributed by atoms with E-state index in [0.29, 0.717) is 10.9 Å². The largest absolute Gasteiger partial charge is 0.480 e. The summed E-state index contributed by atoms with van der Waals surface area (Å²) in [6.07, 6.45) is 0.400. The maximum absolute atomic E-state index is 13.1. The lowest BCUT2D eigenvalue weighted by Gasteiger charge is -2.27. The summed E-state index contributed by atoms with van der Waals surface area (Å²) in [6.45, 7) is 2.01. The Labute approximate surface area is 159 Å². The second-order valence-corrected chi connectivity index (χ2v) is 7.90. The third kappa shape index (κ3) is 5.61. The minimum absolute atomic E-state index is 0.0276. The topological polar surface area (TPSA) is 110 Å². The first-order chi connectivity index (χ1) is 12.9. The van der Waals surface area contributed by atoms with Crippen LogP contribution in [0, 0.1) is 6.92 Å². The number of carboxylic acids is 1. The Morgan fingerprint density at radius 2 is 1.78 bits per heavy atom. The van der Waals surface area contributed by atoms with Crippen molar-refractivity contribution in [2.45, 2.75) is 37.3 Å². The van der Waals surface area contributed by atoms with E-state index in [-0.39, 0.29) is 24.5 Å². The fourth-order valence-electron chi connectivity index (χ4n) is 2.48. The number of rotatable bonds is 10. The van der Waals surface area contributed by atoms with Gasteiger partial charge in [0.05, 0.1) is 11.5 Å². The molecule has 1 atom stereocenters. The number of hydrogen-bond acceptors (Lipinski definition) is 5. The number of nitrogens with two attached hydrogens (primary N) is 1. The Morgan fingerprint density at radius 3 is 2.33 bits per heavy atom. The van der Waals surface area contributed by atoms with Gasteiger partial charge in [0.25, 0.3) is 10.0 Å². The van der Waals surface area contributed by atoms with Crippen molar-refractivity contribution in [1.82, 2.24) is 4.47 Å². The molecule has 0 saturated heterocycles. The molecule has 0 aromatic heterocycles. The van der Waals surface area contributed by atoms with Gasteiger partial charge in [0, 0.05) is 0 Å². The first kappa shape index (κ1) is 21.0. The number of benzene rings is 2. The zero-order chi connectivity index (χ0) is 19.9. The molecule has 0 saturated carbocycles. The van der Waals surface area contributed by atoms with E-state index in [1.165, 1.54) is 12.1 Å². The van der Waals surface area contributed by atoms with Gasteiger partial charge < -0.3 is 10.8 Å². The standard InChI is InChI=1S/C19H24N2O5S/c1-15-9-11-17(12-10-15)27(24,25)21(18(19(22)23)8-5-13-20)26-14-16-6-3-2-4-7-16/h2-4,6-7,9-12,18H,5,8,13-14,20H2,1H3,(H,22,23). The van der Waals surface area contributed by atoms with Gasteiger partial charge in [-0.2, -0.15) is 0 Å². The average molecular weight is 392 g/mol. The van der Waals surface area contributed by atoms with E-state index in [1.807, 2.05) is 13.0 Å². The fraction of sp³-hybridized carbons (Fsp3) is 0.316. The summed E-state index contributed by atoms with van der Waals surface area (Å²) in [7, 11) is -4.17. The number of aliphatic carboxylic acids is 1. The van der Waals surface area contributed by atoms with Gasteiger partial charge in [0.1, 0.15) is 6.04 Å². The van der Waals surface area contributed by atoms with E-state index in [9.17, 15) is 18.3 Å². The molecule has 0 aliphatic rings. The van der Waals surface area contributed by atoms with Gasteiger partial charge in [-0.05, 0) is 44.0 Å². The van der Waals surface area contributed by atoms with E-state index in [1.54, 1.807) is 36.4 Å². The second kappa shape index (κ2) is 9.61. The molecule has 3 N–H and O–H groups in total. The highest BCUT2D eigenvalue weighted by atomic mass is 32.2. The molecule has 0 heterocycles. The number of sulfonamides is 1. The molecule has 0 bridgehead atoms. The van der Waals surface area contributed by atoms with Crippen molar-refractivity contribution in [2.75, 3.05) is 6.54 Å². The van der Waals surface area contributed by atoms with Crippen LogP contribution in [-0.4, -0.2) is 36.5 Å². The number of carboxylic acid groups (broad SMARTS) is 1. The Balaban J connectivity index is 2.37. The summed E-state index contributed by atoms with van der Waals surface area (Å²) in [4.78, 5) is 17.3. The second-order valence-electron chi connectivity index (χ2n) is 6.12. The molecule has 0 aliphatic heterocycles. The number of nitrogens with zero attached hydrogens (tertiary/aromatic N) is 1. The van der Waals surface area contributed by atoms with Crippen LogP contribution in [0.1, 0.15) is 24.0 Å². The summed E-state index contributed by atoms with van der Waals surface area (Å²) in [5.41, 5.74) is 7.10. The quantitative estimate of drug-likeness (QED) is 0.601. The molecule has 2 rings (SSSR count). The normalized spacial score (nSPS) is 12.9. The molecule has 7 nitrogen and oxygen atoms in total. The maximum atomic E-state index is 13.1. The lowest BCUT2D eigenvalue weighted by molar-refractivity contribution is -0.166. The van der Waals surface area contributed by atoms with Crippen molar-refractivity contribution in [3.8, 4) is 0 Å². The number of aryl methyl sites for hydroxylation is 1. The third-order valence-electron chi connectivity index (χ3n) is 3.98. The van der Waals surface area contributed by atoms with Gasteiger partial charge in [0.15, 0.2) is 0 Å². The third-order valence-corrected chi connectivity index (χ3v) is 5.68. The Kier molecular flexibility index (Phi) is 7.49. The smallest absolute Gasteiger partial charge is 0.324 e. The molecule has 0 aliphatic carbocycles. The van der Waals surface area contributed by atoms with Gasteiger partial charge in [-0.25, -0.2) is 8.42 Å². The predicted molar refractivity (Wildman–Crippen MR) is 101 cm³/mol. The Morgan fingerprint density at radius 1 is 1.15 bits per heavy atom. The Hall–Kier alpha value is -2.26. The molecule has 0 spiro atoms. The highest BCUT2D eigenvalue weighted by Crippen LogP contribution is 2.23. The lowest BCUT2D eigenvalue weighted by atomic mass is 10.2. The molecular weight excluding hydrogens is 368 g/mol. The molecule has 146 valence electrons. The van der Waals surface area contributed by atoms with Gasteiger partial charge in [-0.1, -0.05) is 52.5 Å². The molecular formula is C19H24N2O5S. The van der Waals surface area contributed by atoms with Crippen LogP contribution in [-0.2, 0) is 26.3 Å². The molecule has 0 amide bonds. The SMILES string of the molecule is Cc1ccc(S(=O)(=O)N(OCc2ccccc2)C(CCCN)C(=O)O)cc1. The fourth-order valence-corrected chi connectivity index (χ4v) is 3.89. The van der Waals surface area contributed by atoms with Crippen molar-refractivity contribution in [3.63, 3.8) is 0 Å². The molecule has 2 aromatic carbocycles. The average Bonchev–Trinajstić information content (AvgIpc) is 2.65. The molecule has 1 unspecified atom stereocenters. The van der Waals surface area contributed by atoms with Crippen molar-refractivity contribution < 1.29 is 23.2 Å². The first-order valence-corrected chi connectivity index (χ1v) is 10.0. The summed E-state index contributed by atoms with van der Waals surface area (Å²) in [5, 5.41) is 9.59. The van der Waals surface area contributed by atoms with Crippen LogP contribution < -0.4 is 5.73 Å². The van der Waals surface area contributed by atoms with Gasteiger partial charge in [0.2, 0.25) is 0 Å². The predicted octanol–water partition coefficient (Wildman–Crippen LogP) is 2.31. The number of hydroxylamine groups is 1. The van der Waals surface area contributed by atoms with Crippen molar-refractivity contribution in [2.24, 2.45) is 5.73 Å². The number of hydrogen-bond donors (Lipinski definition) is 2. The summed E-state index contributed by atoms with van der Waals surface area (Å²) in [6, 6.07) is 13.8. The van der Waals surface area contributed by atoms with Crippen molar-refractivity contribution in [1.29, 1.82) is 0 Å². The number of carbonyl (C=O) groups is 1. The minimum atomic E-state index is -4.17. The van der Waals surface area contributed by atoms with Crippen LogP contribution in [0.5, 0.6) is 0 Å². The van der Waals surface area contributed by atoms with Crippen LogP contribution >= 0.6 is 0 Å². The van der Waals surface area contributed by atoms with Gasteiger partial charge in [-0.3, -0.25) is 9.63 Å². The van der Waals surface area contributed by atoms with Crippen molar-refractivity contribution in [3.05, 3.63) is 65.7 Å². The van der Waals surface area contributed by atoms with Crippen LogP contribution in [0.4, 0.5) is 0 Å². The molecule has 27 heavy (non-hydrogen) atoms. The monoisotopic (exact) mass is 392 g/mol. The van der Waals surface area contributed by atoms with E-state index >= 15 is 0 Å². The first-order valence-electron chi connectivity index (χ1n) is 8.57. The van der Waals surface area contributed by atoms with Crippen LogP contribution in [0.2, 0.25) is 0 Å². The lowest BCUT2D eigenvalue weighted by Crippen LogP contribution is -2.45. The summed E-state index contributed by atoms with van der Waals surface area (Å²) in [5.74, 6) is -1.29. The van der Waals surface area contributed by atoms with E-state index in [2.05, 4.69) is 0 Å². The Bertz CT molecular complexity index is 838. The molecule has 0 fully saturated rings. The van der Waals surface area contributed by atoms with Gasteiger partial charge >= 0.3 is 5.97 Å². The molecule has 2 aromatic rings. The maximum Gasteiger partial charge on any atom is 0.324 e. The van der Waals surface area contributed by atoms with Crippen LogP contribution in [0.3, 0.4) is 0 Å². The van der Waals surface area contributed by atoms with Crippen LogP contribution in [0.25, 0.3) is 0 Å². The van der Waals surface area contributed by atoms with Gasteiger partial charge in [-0.15, -0.1) is 0 Å². The molecule has 8 heteroatoms. The van der Waals surface area contributed by atoms with E-state index in [4.69, 9.17) is 10.6 Å². The summed E-state index contributed by atoms with van der Waals surface area (Å²) >= 11 is 0. The van der Waals surface area contributed by atoms with Crippen molar-refractivity contribution >= 4 is 16.0 Å². The van der Waals surface area contributed by atoms with E-state index in [0.717, 1.165) is 11.1 Å². The zero-order valence-corrected chi connectivity index (χ0v) is 15.9. The minimum Gasteiger partial charge on any atom is -0.480 e. The van der Waals surface area contributed by atoms with Crippen LogP contribution in [0.15, 0.2) is 59.5 Å². The van der Waals surface area contributed by atoms with E-state index < -0.39 is 22.0 Å².